The fourth-order valence-corrected chi connectivity index (χ4v) is 3.88. The number of aliphatic hydroxyl groups is 1. The molecule has 0 heterocycles. The molecule has 0 aliphatic heterocycles. The van der Waals surface area contributed by atoms with Crippen LogP contribution in [0.4, 0.5) is 0 Å². The first-order chi connectivity index (χ1) is 8.83. The Morgan fingerprint density at radius 1 is 0.889 bits per heavy atom. The lowest BCUT2D eigenvalue weighted by Crippen LogP contribution is -2.53. The van der Waals surface area contributed by atoms with E-state index in [1.54, 1.807) is 0 Å². The molecule has 2 aliphatic carbocycles. The standard InChI is InChI=1S/C15H30N2O/c16-14-9-5-2-6-10-15(14)17(11-12-18)13-7-3-1-4-8-13/h13-15,18H,1-12,16H2. The largest absolute Gasteiger partial charge is 0.395 e. The summed E-state index contributed by atoms with van der Waals surface area (Å²) in [6, 6.07) is 1.52. The number of nitrogens with two attached hydrogens (primary N) is 1. The van der Waals surface area contributed by atoms with Crippen LogP contribution in [0.2, 0.25) is 0 Å². The molecule has 2 rings (SSSR count). The van der Waals surface area contributed by atoms with Crippen molar-refractivity contribution >= 4 is 0 Å². The fraction of sp³-hybridized carbons (Fsp3) is 1.00. The van der Waals surface area contributed by atoms with E-state index in [-0.39, 0.29) is 6.61 Å². The van der Waals surface area contributed by atoms with Crippen LogP contribution < -0.4 is 5.73 Å². The van der Waals surface area contributed by atoms with Gasteiger partial charge in [0, 0.05) is 24.7 Å². The van der Waals surface area contributed by atoms with Crippen LogP contribution in [-0.4, -0.2) is 41.3 Å². The summed E-state index contributed by atoms with van der Waals surface area (Å²) in [6.45, 7) is 1.10. The van der Waals surface area contributed by atoms with Gasteiger partial charge in [-0.2, -0.15) is 0 Å². The highest BCUT2D eigenvalue weighted by Gasteiger charge is 2.31. The van der Waals surface area contributed by atoms with Gasteiger partial charge < -0.3 is 10.8 Å². The van der Waals surface area contributed by atoms with Gasteiger partial charge in [0.2, 0.25) is 0 Å². The second-order valence-corrected chi connectivity index (χ2v) is 6.12. The van der Waals surface area contributed by atoms with Crippen molar-refractivity contribution in [1.82, 2.24) is 4.90 Å². The third kappa shape index (κ3) is 3.69. The first kappa shape index (κ1) is 14.3. The van der Waals surface area contributed by atoms with Gasteiger partial charge in [-0.05, 0) is 25.7 Å². The minimum absolute atomic E-state index is 0.278. The number of nitrogens with zero attached hydrogens (tertiary/aromatic N) is 1. The Morgan fingerprint density at radius 3 is 2.17 bits per heavy atom. The SMILES string of the molecule is NC1CCCCCC1N(CCO)C1CCCCC1. The van der Waals surface area contributed by atoms with Crippen LogP contribution in [0.3, 0.4) is 0 Å². The monoisotopic (exact) mass is 254 g/mol. The second kappa shape index (κ2) is 7.46. The average molecular weight is 254 g/mol. The Bertz CT molecular complexity index is 229. The van der Waals surface area contributed by atoms with Gasteiger partial charge in [-0.1, -0.05) is 38.5 Å². The number of hydrogen-bond donors (Lipinski definition) is 2. The molecule has 0 amide bonds. The zero-order chi connectivity index (χ0) is 12.8. The summed E-state index contributed by atoms with van der Waals surface area (Å²) in [5.74, 6) is 0. The van der Waals surface area contributed by atoms with Crippen molar-refractivity contribution in [2.45, 2.75) is 82.3 Å². The lowest BCUT2D eigenvalue weighted by molar-refractivity contribution is 0.0644. The third-order valence-electron chi connectivity index (χ3n) is 4.86. The zero-order valence-corrected chi connectivity index (χ0v) is 11.7. The lowest BCUT2D eigenvalue weighted by atomic mass is 9.91. The first-order valence-corrected chi connectivity index (χ1v) is 7.95. The first-order valence-electron chi connectivity index (χ1n) is 7.95. The molecule has 3 N–H and O–H groups in total. The van der Waals surface area contributed by atoms with Gasteiger partial charge in [0.05, 0.1) is 6.61 Å². The molecule has 3 heteroatoms. The van der Waals surface area contributed by atoms with Crippen molar-refractivity contribution in [3.63, 3.8) is 0 Å². The van der Waals surface area contributed by atoms with Crippen molar-refractivity contribution in [3.05, 3.63) is 0 Å². The summed E-state index contributed by atoms with van der Waals surface area (Å²) in [7, 11) is 0. The highest BCUT2D eigenvalue weighted by molar-refractivity contribution is 4.89. The van der Waals surface area contributed by atoms with Gasteiger partial charge in [0.15, 0.2) is 0 Å². The van der Waals surface area contributed by atoms with Crippen molar-refractivity contribution in [2.75, 3.05) is 13.2 Å². The smallest absolute Gasteiger partial charge is 0.0558 e. The molecule has 0 spiro atoms. The normalized spacial score (nSPS) is 31.5. The van der Waals surface area contributed by atoms with Gasteiger partial charge in [0.1, 0.15) is 0 Å². The molecule has 2 fully saturated rings. The molecular weight excluding hydrogens is 224 g/mol. The molecule has 2 saturated carbocycles. The maximum atomic E-state index is 9.37. The Hall–Kier alpha value is -0.120. The van der Waals surface area contributed by atoms with E-state index in [0.29, 0.717) is 18.1 Å². The van der Waals surface area contributed by atoms with Crippen LogP contribution in [0.1, 0.15) is 64.2 Å². The molecule has 0 aromatic carbocycles. The maximum Gasteiger partial charge on any atom is 0.0558 e. The summed E-state index contributed by atoms with van der Waals surface area (Å²) in [5.41, 5.74) is 6.39. The van der Waals surface area contributed by atoms with Crippen LogP contribution in [0, 0.1) is 0 Å². The van der Waals surface area contributed by atoms with Crippen molar-refractivity contribution in [3.8, 4) is 0 Å². The summed E-state index contributed by atoms with van der Waals surface area (Å²) >= 11 is 0. The van der Waals surface area contributed by atoms with Crippen LogP contribution in [0.15, 0.2) is 0 Å². The quantitative estimate of drug-likeness (QED) is 0.757. The molecule has 18 heavy (non-hydrogen) atoms. The molecule has 0 saturated heterocycles. The summed E-state index contributed by atoms with van der Waals surface area (Å²) in [5, 5.41) is 9.37. The lowest BCUT2D eigenvalue weighted by Gasteiger charge is -2.41. The van der Waals surface area contributed by atoms with Crippen LogP contribution in [0.25, 0.3) is 0 Å². The minimum atomic E-state index is 0.278. The van der Waals surface area contributed by atoms with Crippen LogP contribution in [-0.2, 0) is 0 Å². The highest BCUT2D eigenvalue weighted by atomic mass is 16.3. The predicted molar refractivity (Wildman–Crippen MR) is 75.5 cm³/mol. The number of aliphatic hydroxyl groups excluding tert-OH is 1. The maximum absolute atomic E-state index is 9.37. The Morgan fingerprint density at radius 2 is 1.50 bits per heavy atom. The predicted octanol–water partition coefficient (Wildman–Crippen LogP) is 2.27. The molecule has 0 bridgehead atoms. The van der Waals surface area contributed by atoms with E-state index in [9.17, 15) is 5.11 Å². The molecule has 2 atom stereocenters. The number of hydrogen-bond acceptors (Lipinski definition) is 3. The second-order valence-electron chi connectivity index (χ2n) is 6.12. The van der Waals surface area contributed by atoms with Gasteiger partial charge in [0.25, 0.3) is 0 Å². The molecular formula is C15H30N2O. The van der Waals surface area contributed by atoms with Crippen LogP contribution >= 0.6 is 0 Å². The van der Waals surface area contributed by atoms with E-state index in [1.807, 2.05) is 0 Å². The molecule has 106 valence electrons. The summed E-state index contributed by atoms with van der Waals surface area (Å²) < 4.78 is 0. The molecule has 0 aromatic heterocycles. The summed E-state index contributed by atoms with van der Waals surface area (Å²) in [4.78, 5) is 2.56. The van der Waals surface area contributed by atoms with E-state index in [1.165, 1.54) is 64.2 Å². The highest BCUT2D eigenvalue weighted by Crippen LogP contribution is 2.28. The van der Waals surface area contributed by atoms with Gasteiger partial charge in [-0.25, -0.2) is 0 Å². The Labute approximate surface area is 112 Å². The van der Waals surface area contributed by atoms with Crippen LogP contribution in [0.5, 0.6) is 0 Å². The third-order valence-corrected chi connectivity index (χ3v) is 4.86. The van der Waals surface area contributed by atoms with Crippen molar-refractivity contribution < 1.29 is 5.11 Å². The van der Waals surface area contributed by atoms with Crippen molar-refractivity contribution in [2.24, 2.45) is 5.73 Å². The molecule has 0 aromatic rings. The van der Waals surface area contributed by atoms with E-state index in [4.69, 9.17) is 5.73 Å². The van der Waals surface area contributed by atoms with E-state index < -0.39 is 0 Å². The summed E-state index contributed by atoms with van der Waals surface area (Å²) in [6.07, 6.45) is 13.1. The Kier molecular flexibility index (Phi) is 5.93. The van der Waals surface area contributed by atoms with E-state index >= 15 is 0 Å². The average Bonchev–Trinajstić information content (AvgIpc) is 2.62. The molecule has 3 nitrogen and oxygen atoms in total. The van der Waals surface area contributed by atoms with Gasteiger partial charge in [-0.15, -0.1) is 0 Å². The Balaban J connectivity index is 2.01. The topological polar surface area (TPSA) is 49.5 Å². The molecule has 2 aliphatic rings. The minimum Gasteiger partial charge on any atom is -0.395 e. The van der Waals surface area contributed by atoms with Gasteiger partial charge >= 0.3 is 0 Å². The van der Waals surface area contributed by atoms with E-state index in [0.717, 1.165) is 6.54 Å². The molecule has 0 radical (unpaired) electrons. The molecule has 2 unspecified atom stereocenters. The zero-order valence-electron chi connectivity index (χ0n) is 11.7. The fourth-order valence-electron chi connectivity index (χ4n) is 3.88. The van der Waals surface area contributed by atoms with Gasteiger partial charge in [-0.3, -0.25) is 4.90 Å². The van der Waals surface area contributed by atoms with Crippen molar-refractivity contribution in [1.29, 1.82) is 0 Å². The van der Waals surface area contributed by atoms with E-state index in [2.05, 4.69) is 4.90 Å². The number of rotatable bonds is 4.